The van der Waals surface area contributed by atoms with E-state index in [0.29, 0.717) is 17.2 Å². The molecule has 2 N–H and O–H groups in total. The Balaban J connectivity index is 1.63. The Morgan fingerprint density at radius 2 is 1.71 bits per heavy atom. The molecule has 0 aliphatic carbocycles. The second kappa shape index (κ2) is 11.2. The van der Waals surface area contributed by atoms with Crippen LogP contribution in [0.3, 0.4) is 0 Å². The Morgan fingerprint density at radius 1 is 0.971 bits per heavy atom. The molecule has 0 bridgehead atoms. The van der Waals surface area contributed by atoms with E-state index >= 15 is 0 Å². The Hall–Kier alpha value is -3.27. The molecule has 0 spiro atoms. The van der Waals surface area contributed by atoms with Crippen molar-refractivity contribution in [3.8, 4) is 17.2 Å². The quantitative estimate of drug-likeness (QED) is 0.424. The Morgan fingerprint density at radius 3 is 2.35 bits per heavy atom. The van der Waals surface area contributed by atoms with Crippen LogP contribution >= 0.6 is 11.6 Å². The minimum Gasteiger partial charge on any atom is -0.497 e. The molecule has 1 atom stereocenters. The highest BCUT2D eigenvalue weighted by Crippen LogP contribution is 2.30. The standard InChI is InChI=1S/C24H25ClN2O6S/c1-16(17-7-5-4-6-8-17)27-34(29,30)19-10-12-22(20(25)14-19)33-15-24(28)26-21-11-9-18(31-2)13-23(21)32-3/h4-14,16,27H,15H2,1-3H3,(H,26,28)/t16-/m1/s1. The molecule has 0 aliphatic rings. The van der Waals surface area contributed by atoms with Gasteiger partial charge in [-0.15, -0.1) is 0 Å². The molecule has 0 saturated carbocycles. The zero-order chi connectivity index (χ0) is 24.7. The first-order valence-electron chi connectivity index (χ1n) is 10.2. The molecule has 0 saturated heterocycles. The maximum atomic E-state index is 12.8. The van der Waals surface area contributed by atoms with Crippen LogP contribution < -0.4 is 24.2 Å². The molecule has 0 fully saturated rings. The topological polar surface area (TPSA) is 103 Å². The Kier molecular flexibility index (Phi) is 8.38. The van der Waals surface area contributed by atoms with Crippen LogP contribution in [0.1, 0.15) is 18.5 Å². The minimum absolute atomic E-state index is 0.0138. The summed E-state index contributed by atoms with van der Waals surface area (Å²) in [5.74, 6) is 0.737. The van der Waals surface area contributed by atoms with E-state index in [9.17, 15) is 13.2 Å². The van der Waals surface area contributed by atoms with Gasteiger partial charge in [0.25, 0.3) is 5.91 Å². The third-order valence-electron chi connectivity index (χ3n) is 4.89. The lowest BCUT2D eigenvalue weighted by molar-refractivity contribution is -0.118. The third-order valence-corrected chi connectivity index (χ3v) is 6.72. The highest BCUT2D eigenvalue weighted by atomic mass is 35.5. The molecule has 3 aromatic carbocycles. The number of carbonyl (C=O) groups is 1. The molecule has 8 nitrogen and oxygen atoms in total. The fourth-order valence-electron chi connectivity index (χ4n) is 3.11. The minimum atomic E-state index is -3.83. The van der Waals surface area contributed by atoms with E-state index in [2.05, 4.69) is 10.0 Å². The summed E-state index contributed by atoms with van der Waals surface area (Å²) in [7, 11) is -0.819. The molecule has 0 aromatic heterocycles. The van der Waals surface area contributed by atoms with Crippen molar-refractivity contribution in [1.29, 1.82) is 0 Å². The van der Waals surface area contributed by atoms with Gasteiger partial charge in [0, 0.05) is 12.1 Å². The number of anilines is 1. The van der Waals surface area contributed by atoms with Crippen molar-refractivity contribution in [2.24, 2.45) is 0 Å². The van der Waals surface area contributed by atoms with Gasteiger partial charge in [-0.2, -0.15) is 0 Å². The normalized spacial score (nSPS) is 12.0. The summed E-state index contributed by atoms with van der Waals surface area (Å²) in [4.78, 5) is 12.3. The molecule has 0 unspecified atom stereocenters. The van der Waals surface area contributed by atoms with Crippen LogP contribution in [0.5, 0.6) is 17.2 Å². The average molecular weight is 505 g/mol. The SMILES string of the molecule is COc1ccc(NC(=O)COc2ccc(S(=O)(=O)N[C@H](C)c3ccccc3)cc2Cl)c(OC)c1. The van der Waals surface area contributed by atoms with Gasteiger partial charge in [-0.1, -0.05) is 41.9 Å². The summed E-state index contributed by atoms with van der Waals surface area (Å²) in [6.07, 6.45) is 0. The van der Waals surface area contributed by atoms with Gasteiger partial charge in [0.15, 0.2) is 6.61 Å². The molecule has 10 heteroatoms. The number of carbonyl (C=O) groups excluding carboxylic acids is 1. The van der Waals surface area contributed by atoms with Crippen LogP contribution in [-0.2, 0) is 14.8 Å². The Labute approximate surface area is 203 Å². The summed E-state index contributed by atoms with van der Waals surface area (Å²) < 4.78 is 44.0. The molecule has 3 rings (SSSR count). The zero-order valence-corrected chi connectivity index (χ0v) is 20.4. The number of methoxy groups -OCH3 is 2. The summed E-state index contributed by atoms with van der Waals surface area (Å²) >= 11 is 6.23. The van der Waals surface area contributed by atoms with Crippen molar-refractivity contribution in [3.63, 3.8) is 0 Å². The van der Waals surface area contributed by atoms with Gasteiger partial charge in [-0.05, 0) is 42.8 Å². The lowest BCUT2D eigenvalue weighted by Gasteiger charge is -2.15. The first-order valence-corrected chi connectivity index (χ1v) is 12.1. The van der Waals surface area contributed by atoms with Gasteiger partial charge < -0.3 is 19.5 Å². The van der Waals surface area contributed by atoms with E-state index in [1.54, 1.807) is 25.1 Å². The van der Waals surface area contributed by atoms with Crippen molar-refractivity contribution in [1.82, 2.24) is 4.72 Å². The molecule has 0 heterocycles. The molecular weight excluding hydrogens is 480 g/mol. The smallest absolute Gasteiger partial charge is 0.262 e. The van der Waals surface area contributed by atoms with Crippen LogP contribution in [-0.4, -0.2) is 35.2 Å². The first-order chi connectivity index (χ1) is 16.2. The molecule has 1 amide bonds. The van der Waals surface area contributed by atoms with Crippen LogP contribution in [0, 0.1) is 0 Å². The lowest BCUT2D eigenvalue weighted by Crippen LogP contribution is -2.27. The van der Waals surface area contributed by atoms with Crippen LogP contribution in [0.4, 0.5) is 5.69 Å². The number of hydrogen-bond donors (Lipinski definition) is 2. The number of amides is 1. The van der Waals surface area contributed by atoms with Crippen molar-refractivity contribution in [3.05, 3.63) is 77.3 Å². The lowest BCUT2D eigenvalue weighted by atomic mass is 10.1. The maximum absolute atomic E-state index is 12.8. The fraction of sp³-hybridized carbons (Fsp3) is 0.208. The maximum Gasteiger partial charge on any atom is 0.262 e. The monoisotopic (exact) mass is 504 g/mol. The van der Waals surface area contributed by atoms with E-state index in [4.69, 9.17) is 25.8 Å². The van der Waals surface area contributed by atoms with Crippen molar-refractivity contribution in [2.75, 3.05) is 26.1 Å². The average Bonchev–Trinajstić information content (AvgIpc) is 2.83. The first kappa shape index (κ1) is 25.4. The molecule has 0 aliphatic heterocycles. The highest BCUT2D eigenvalue weighted by Gasteiger charge is 2.20. The predicted molar refractivity (Wildman–Crippen MR) is 130 cm³/mol. The zero-order valence-electron chi connectivity index (χ0n) is 18.9. The summed E-state index contributed by atoms with van der Waals surface area (Å²) in [6.45, 7) is 1.41. The van der Waals surface area contributed by atoms with Crippen LogP contribution in [0.25, 0.3) is 0 Å². The van der Waals surface area contributed by atoms with Crippen molar-refractivity contribution in [2.45, 2.75) is 17.9 Å². The largest absolute Gasteiger partial charge is 0.497 e. The molecular formula is C24H25ClN2O6S. The Bertz CT molecular complexity index is 1250. The number of nitrogens with one attached hydrogen (secondary N) is 2. The van der Waals surface area contributed by atoms with E-state index in [1.165, 1.54) is 32.4 Å². The van der Waals surface area contributed by atoms with E-state index in [0.717, 1.165) is 5.56 Å². The van der Waals surface area contributed by atoms with Crippen LogP contribution in [0.15, 0.2) is 71.6 Å². The van der Waals surface area contributed by atoms with Crippen molar-refractivity contribution >= 4 is 33.2 Å². The van der Waals surface area contributed by atoms with E-state index in [-0.39, 0.29) is 22.3 Å². The highest BCUT2D eigenvalue weighted by molar-refractivity contribution is 7.89. The van der Waals surface area contributed by atoms with Crippen LogP contribution in [0.2, 0.25) is 5.02 Å². The fourth-order valence-corrected chi connectivity index (χ4v) is 4.67. The number of sulfonamides is 1. The van der Waals surface area contributed by atoms with Crippen molar-refractivity contribution < 1.29 is 27.4 Å². The van der Waals surface area contributed by atoms with E-state index in [1.807, 2.05) is 30.3 Å². The number of halogens is 1. The summed E-state index contributed by atoms with van der Waals surface area (Å²) in [5, 5.41) is 2.74. The van der Waals surface area contributed by atoms with Gasteiger partial charge in [-0.3, -0.25) is 4.79 Å². The third kappa shape index (κ3) is 6.40. The summed E-state index contributed by atoms with van der Waals surface area (Å²) in [5.41, 5.74) is 1.28. The number of benzene rings is 3. The second-order valence-corrected chi connectivity index (χ2v) is 9.37. The molecule has 3 aromatic rings. The van der Waals surface area contributed by atoms with Gasteiger partial charge in [0.2, 0.25) is 10.0 Å². The predicted octanol–water partition coefficient (Wildman–Crippen LogP) is 4.41. The number of rotatable bonds is 10. The van der Waals surface area contributed by atoms with Gasteiger partial charge in [-0.25, -0.2) is 13.1 Å². The second-order valence-electron chi connectivity index (χ2n) is 7.25. The van der Waals surface area contributed by atoms with Gasteiger partial charge >= 0.3 is 0 Å². The number of hydrogen-bond acceptors (Lipinski definition) is 6. The molecule has 180 valence electrons. The molecule has 0 radical (unpaired) electrons. The summed E-state index contributed by atoms with van der Waals surface area (Å²) in [6, 6.07) is 17.8. The van der Waals surface area contributed by atoms with E-state index < -0.39 is 22.0 Å². The number of ether oxygens (including phenoxy) is 3. The van der Waals surface area contributed by atoms with Gasteiger partial charge in [0.1, 0.15) is 17.2 Å². The van der Waals surface area contributed by atoms with Gasteiger partial charge in [0.05, 0.1) is 29.8 Å². The molecule has 34 heavy (non-hydrogen) atoms.